The Labute approximate surface area is 249 Å². The van der Waals surface area contributed by atoms with Crippen molar-refractivity contribution >= 4 is 64.7 Å². The van der Waals surface area contributed by atoms with Crippen LogP contribution in [-0.4, -0.2) is 22.3 Å². The number of nitrogens with one attached hydrogen (secondary N) is 1. The van der Waals surface area contributed by atoms with Crippen molar-refractivity contribution in [2.24, 2.45) is 5.10 Å². The fraction of sp³-hybridized carbons (Fsp3) is 0. The summed E-state index contributed by atoms with van der Waals surface area (Å²) in [7, 11) is -0.877. The first kappa shape index (κ1) is 31.6. The molecule has 0 bridgehead atoms. The van der Waals surface area contributed by atoms with E-state index in [1.807, 2.05) is 23.6 Å². The van der Waals surface area contributed by atoms with Crippen molar-refractivity contribution in [3.05, 3.63) is 149 Å². The fourth-order valence-electron chi connectivity index (χ4n) is 3.39. The number of pyridine rings is 1. The van der Waals surface area contributed by atoms with Crippen LogP contribution < -0.4 is 21.3 Å². The average Bonchev–Trinajstić information content (AvgIpc) is 3.52. The number of hydrogen-bond donors (Lipinski definition) is 1. The number of rotatable bonds is 6. The van der Waals surface area contributed by atoms with Crippen molar-refractivity contribution in [1.29, 1.82) is 0 Å². The summed E-state index contributed by atoms with van der Waals surface area (Å²) in [5.74, 6) is -0.206. The predicted molar refractivity (Wildman–Crippen MR) is 166 cm³/mol. The van der Waals surface area contributed by atoms with E-state index in [0.717, 1.165) is 0 Å². The van der Waals surface area contributed by atoms with Crippen LogP contribution in [0.4, 0.5) is 0 Å². The maximum atomic E-state index is 11.5. The normalized spacial score (nSPS) is 9.67. The van der Waals surface area contributed by atoms with Gasteiger partial charge in [-0.2, -0.15) is 10.3 Å². The van der Waals surface area contributed by atoms with Gasteiger partial charge in [-0.25, -0.2) is 5.43 Å². The summed E-state index contributed by atoms with van der Waals surface area (Å²) in [6.45, 7) is 0. The van der Waals surface area contributed by atoms with E-state index in [4.69, 9.17) is 5.41 Å². The van der Waals surface area contributed by atoms with Crippen molar-refractivity contribution in [2.45, 2.75) is 0 Å². The monoisotopic (exact) mass is 615 g/mol. The third-order valence-corrected chi connectivity index (χ3v) is 8.58. The number of nitrogens with zero attached hydrogens (tertiary/aromatic N) is 3. The summed E-state index contributed by atoms with van der Waals surface area (Å²) in [6, 6.07) is 41.5. The van der Waals surface area contributed by atoms with Crippen LogP contribution in [-0.2, 0) is 17.1 Å². The number of hydrogen-bond acceptors (Lipinski definition) is 5. The first-order valence-corrected chi connectivity index (χ1v) is 14.3. The van der Waals surface area contributed by atoms with Crippen LogP contribution in [0.25, 0.3) is 5.41 Å². The van der Waals surface area contributed by atoms with Gasteiger partial charge in [-0.3, -0.25) is 9.78 Å². The molecule has 1 amide bonds. The summed E-state index contributed by atoms with van der Waals surface area (Å²) in [5.41, 5.74) is 3.14. The van der Waals surface area contributed by atoms with Crippen LogP contribution >= 0.6 is 31.5 Å². The van der Waals surface area contributed by atoms with E-state index in [9.17, 15) is 4.79 Å². The minimum absolute atomic E-state index is 0. The Morgan fingerprint density at radius 3 is 1.72 bits per heavy atom. The van der Waals surface area contributed by atoms with Crippen LogP contribution in [0.5, 0.6) is 0 Å². The number of amides is 1. The fourth-order valence-corrected chi connectivity index (χ4v) is 6.58. The van der Waals surface area contributed by atoms with E-state index >= 15 is 0 Å². The SMILES string of the molecule is O=C(N/N=C/c1ccccn1)c1cccs1.[Cu+].[N-]=C=S.c1ccc([PH+](c2ccccc2)c2ccccc2)cc1. The van der Waals surface area contributed by atoms with Gasteiger partial charge in [0.05, 0.1) is 24.7 Å². The number of thiocarbonyl (C=S) groups is 1. The molecule has 9 heteroatoms. The molecule has 0 atom stereocenters. The summed E-state index contributed by atoms with van der Waals surface area (Å²) in [4.78, 5) is 16.1. The van der Waals surface area contributed by atoms with Crippen molar-refractivity contribution < 1.29 is 21.9 Å². The van der Waals surface area contributed by atoms with E-state index in [1.165, 1.54) is 38.6 Å². The van der Waals surface area contributed by atoms with Gasteiger partial charge in [0.25, 0.3) is 5.91 Å². The van der Waals surface area contributed by atoms with E-state index in [2.05, 4.69) is 119 Å². The van der Waals surface area contributed by atoms with Crippen LogP contribution in [0.2, 0.25) is 0 Å². The van der Waals surface area contributed by atoms with E-state index in [1.54, 1.807) is 18.3 Å². The van der Waals surface area contributed by atoms with Crippen molar-refractivity contribution in [1.82, 2.24) is 10.4 Å². The standard InChI is InChI=1S/C18H15P.C11H9N3OS.CNS.Cu/c1-4-10-16(11-5-1)19(17-12-6-2-7-13-17)18-14-8-3-9-15-18;15-11(10-5-3-7-16-10)14-13-8-9-4-1-2-6-12-9;2-1-3;/h1-15H;1-8H,(H,14,15);;/q;;-1;+1/p+1/b;13-8+;;. The molecule has 2 aromatic heterocycles. The van der Waals surface area contributed by atoms with Crippen LogP contribution in [0.1, 0.15) is 15.4 Å². The summed E-state index contributed by atoms with van der Waals surface area (Å²) >= 11 is 5.07. The van der Waals surface area contributed by atoms with Crippen LogP contribution in [0.3, 0.4) is 0 Å². The van der Waals surface area contributed by atoms with Crippen LogP contribution in [0.15, 0.2) is 138 Å². The number of thiophene rings is 1. The number of carbonyl (C=O) groups excluding carboxylic acids is 1. The minimum Gasteiger partial charge on any atom is -0.753 e. The molecule has 0 saturated heterocycles. The average molecular weight is 616 g/mol. The van der Waals surface area contributed by atoms with Gasteiger partial charge in [0.15, 0.2) is 0 Å². The molecular weight excluding hydrogens is 591 g/mol. The Bertz CT molecular complexity index is 1320. The maximum Gasteiger partial charge on any atom is 1.00 e. The van der Waals surface area contributed by atoms with Gasteiger partial charge in [0, 0.05) is 6.20 Å². The molecule has 3 aromatic carbocycles. The molecule has 0 radical (unpaired) electrons. The van der Waals surface area contributed by atoms with Crippen molar-refractivity contribution in [2.75, 3.05) is 0 Å². The van der Waals surface area contributed by atoms with Gasteiger partial charge >= 0.3 is 17.1 Å². The second-order valence-corrected chi connectivity index (χ2v) is 11.1. The van der Waals surface area contributed by atoms with Gasteiger partial charge in [-0.05, 0) is 60.0 Å². The van der Waals surface area contributed by atoms with Gasteiger partial charge in [0.2, 0.25) is 0 Å². The quantitative estimate of drug-likeness (QED) is 0.0870. The van der Waals surface area contributed by atoms with Crippen molar-refractivity contribution in [3.63, 3.8) is 0 Å². The zero-order valence-electron chi connectivity index (χ0n) is 20.6. The molecule has 0 spiro atoms. The van der Waals surface area contributed by atoms with Gasteiger partial charge < -0.3 is 5.41 Å². The second-order valence-electron chi connectivity index (χ2n) is 7.50. The molecule has 5 nitrogen and oxygen atoms in total. The van der Waals surface area contributed by atoms with E-state index < -0.39 is 7.92 Å². The second kappa shape index (κ2) is 18.6. The predicted octanol–water partition coefficient (Wildman–Crippen LogP) is 5.74. The summed E-state index contributed by atoms with van der Waals surface area (Å²) < 4.78 is 0. The third-order valence-electron chi connectivity index (χ3n) is 4.98. The largest absolute Gasteiger partial charge is 1.00 e. The number of hydrazone groups is 1. The molecule has 0 saturated carbocycles. The Morgan fingerprint density at radius 2 is 1.31 bits per heavy atom. The zero-order valence-corrected chi connectivity index (χ0v) is 24.2. The Balaban J connectivity index is 0.000000246. The first-order valence-electron chi connectivity index (χ1n) is 11.6. The Hall–Kier alpha value is -3.60. The van der Waals surface area contributed by atoms with Gasteiger partial charge in [-0.1, -0.05) is 78.9 Å². The first-order chi connectivity index (χ1) is 18.7. The number of aromatic nitrogens is 1. The smallest absolute Gasteiger partial charge is 0.753 e. The maximum absolute atomic E-state index is 11.5. The number of carbonyl (C=O) groups is 1. The molecule has 1 N–H and O–H groups in total. The Kier molecular flexibility index (Phi) is 15.1. The molecule has 5 aromatic rings. The number of benzene rings is 3. The molecule has 0 unspecified atom stereocenters. The molecule has 0 aliphatic heterocycles. The van der Waals surface area contributed by atoms with Crippen molar-refractivity contribution in [3.8, 4) is 0 Å². The molecular formula is C30H25CuN4OPS2+. The van der Waals surface area contributed by atoms with Gasteiger partial charge in [0.1, 0.15) is 15.9 Å². The topological polar surface area (TPSA) is 76.7 Å². The Morgan fingerprint density at radius 1 is 0.821 bits per heavy atom. The third kappa shape index (κ3) is 11.0. The summed E-state index contributed by atoms with van der Waals surface area (Å²) in [6.07, 6.45) is 3.17. The minimum atomic E-state index is -0.877. The molecule has 0 aliphatic rings. The van der Waals surface area contributed by atoms with Gasteiger partial charge in [-0.15, -0.1) is 11.3 Å². The zero-order chi connectivity index (χ0) is 26.8. The van der Waals surface area contributed by atoms with Crippen LogP contribution in [0, 0.1) is 0 Å². The molecule has 39 heavy (non-hydrogen) atoms. The number of isothiocyanates is 1. The van der Waals surface area contributed by atoms with E-state index in [0.29, 0.717) is 10.6 Å². The molecule has 0 aliphatic carbocycles. The molecule has 5 rings (SSSR count). The summed E-state index contributed by atoms with van der Waals surface area (Å²) in [5, 5.41) is 18.4. The molecule has 0 fully saturated rings. The molecule has 2 heterocycles. The van der Waals surface area contributed by atoms with E-state index in [-0.39, 0.29) is 23.0 Å². The molecule has 198 valence electrons.